The summed E-state index contributed by atoms with van der Waals surface area (Å²) in [5.74, 6) is -0.277. The van der Waals surface area contributed by atoms with E-state index >= 15 is 0 Å². The fourth-order valence-corrected chi connectivity index (χ4v) is 2.08. The molecule has 20 heavy (non-hydrogen) atoms. The lowest BCUT2D eigenvalue weighted by Crippen LogP contribution is -2.03. The van der Waals surface area contributed by atoms with Gasteiger partial charge in [0.1, 0.15) is 18.2 Å². The lowest BCUT2D eigenvalue weighted by molar-refractivity contribution is 0.274. The fraction of sp³-hybridized carbons (Fsp3) is 0.200. The van der Waals surface area contributed by atoms with E-state index in [2.05, 4.69) is 15.9 Å². The first kappa shape index (κ1) is 14.8. The molecule has 0 spiro atoms. The second-order valence-corrected chi connectivity index (χ2v) is 4.67. The van der Waals surface area contributed by atoms with Gasteiger partial charge < -0.3 is 9.47 Å². The first-order valence-corrected chi connectivity index (χ1v) is 7.06. The average Bonchev–Trinajstić information content (AvgIpc) is 2.46. The maximum atomic E-state index is 13.5. The van der Waals surface area contributed by atoms with E-state index in [1.807, 2.05) is 12.1 Å². The highest BCUT2D eigenvalue weighted by molar-refractivity contribution is 9.08. The van der Waals surface area contributed by atoms with Gasteiger partial charge in [-0.25, -0.2) is 8.78 Å². The van der Waals surface area contributed by atoms with E-state index in [1.165, 1.54) is 25.3 Å². The first-order valence-electron chi connectivity index (χ1n) is 5.94. The average molecular weight is 343 g/mol. The minimum absolute atomic E-state index is 0.0980. The third-order valence-electron chi connectivity index (χ3n) is 2.82. The van der Waals surface area contributed by atoms with Crippen LogP contribution in [0.15, 0.2) is 36.4 Å². The van der Waals surface area contributed by atoms with Crippen molar-refractivity contribution in [2.45, 2.75) is 11.9 Å². The van der Waals surface area contributed by atoms with Crippen LogP contribution in [0.1, 0.15) is 11.1 Å². The zero-order chi connectivity index (χ0) is 14.5. The highest BCUT2D eigenvalue weighted by Gasteiger charge is 2.11. The van der Waals surface area contributed by atoms with Gasteiger partial charge in [-0.2, -0.15) is 0 Å². The van der Waals surface area contributed by atoms with E-state index in [9.17, 15) is 8.78 Å². The van der Waals surface area contributed by atoms with Gasteiger partial charge >= 0.3 is 0 Å². The van der Waals surface area contributed by atoms with Gasteiger partial charge in [0.15, 0.2) is 11.5 Å². The number of hydrogen-bond acceptors (Lipinski definition) is 2. The van der Waals surface area contributed by atoms with E-state index in [4.69, 9.17) is 9.47 Å². The van der Waals surface area contributed by atoms with Crippen molar-refractivity contribution >= 4 is 15.9 Å². The SMILES string of the molecule is COc1cc(CBr)ccc1OCc1c(F)cccc1F. The summed E-state index contributed by atoms with van der Waals surface area (Å²) in [7, 11) is 1.52. The van der Waals surface area contributed by atoms with Crippen LogP contribution in [0.3, 0.4) is 0 Å². The molecular weight excluding hydrogens is 330 g/mol. The summed E-state index contributed by atoms with van der Waals surface area (Å²) in [6.45, 7) is -0.192. The van der Waals surface area contributed by atoms with E-state index < -0.39 is 11.6 Å². The quantitative estimate of drug-likeness (QED) is 0.747. The Morgan fingerprint density at radius 3 is 2.35 bits per heavy atom. The molecular formula is C15H13BrF2O2. The molecule has 106 valence electrons. The van der Waals surface area contributed by atoms with Gasteiger partial charge in [-0.1, -0.05) is 28.1 Å². The number of benzene rings is 2. The molecule has 0 atom stereocenters. The predicted molar refractivity (Wildman–Crippen MR) is 76.3 cm³/mol. The van der Waals surface area contributed by atoms with Crippen molar-refractivity contribution < 1.29 is 18.3 Å². The van der Waals surface area contributed by atoms with E-state index in [1.54, 1.807) is 6.07 Å². The molecule has 2 aromatic rings. The summed E-state index contributed by atoms with van der Waals surface area (Å²) < 4.78 is 37.7. The van der Waals surface area contributed by atoms with Crippen LogP contribution in [0.4, 0.5) is 8.78 Å². The van der Waals surface area contributed by atoms with Gasteiger partial charge in [-0.3, -0.25) is 0 Å². The van der Waals surface area contributed by atoms with Gasteiger partial charge in [0.05, 0.1) is 12.7 Å². The van der Waals surface area contributed by atoms with Crippen molar-refractivity contribution in [1.29, 1.82) is 0 Å². The van der Waals surface area contributed by atoms with E-state index in [0.717, 1.165) is 5.56 Å². The number of ether oxygens (including phenoxy) is 2. The lowest BCUT2D eigenvalue weighted by Gasteiger charge is -2.12. The summed E-state index contributed by atoms with van der Waals surface area (Å²) in [4.78, 5) is 0. The van der Waals surface area contributed by atoms with Gasteiger partial charge in [-0.05, 0) is 29.8 Å². The molecule has 2 rings (SSSR count). The summed E-state index contributed by atoms with van der Waals surface area (Å²) in [6, 6.07) is 9.10. The molecule has 0 fully saturated rings. The smallest absolute Gasteiger partial charge is 0.161 e. The number of rotatable bonds is 5. The summed E-state index contributed by atoms with van der Waals surface area (Å²) in [5, 5.41) is 0.686. The Kier molecular flexibility index (Phi) is 4.95. The summed E-state index contributed by atoms with van der Waals surface area (Å²) >= 11 is 3.34. The molecule has 0 aliphatic rings. The van der Waals surface area contributed by atoms with Crippen molar-refractivity contribution in [3.05, 3.63) is 59.2 Å². The first-order chi connectivity index (χ1) is 9.65. The fourth-order valence-electron chi connectivity index (χ4n) is 1.73. The number of hydrogen-bond donors (Lipinski definition) is 0. The van der Waals surface area contributed by atoms with Gasteiger partial charge in [0, 0.05) is 5.33 Å². The molecule has 2 nitrogen and oxygen atoms in total. The van der Waals surface area contributed by atoms with Gasteiger partial charge in [-0.15, -0.1) is 0 Å². The molecule has 0 radical (unpaired) electrons. The second-order valence-electron chi connectivity index (χ2n) is 4.11. The summed E-state index contributed by atoms with van der Waals surface area (Å²) in [6.07, 6.45) is 0. The van der Waals surface area contributed by atoms with Crippen molar-refractivity contribution in [3.8, 4) is 11.5 Å². The van der Waals surface area contributed by atoms with Crippen LogP contribution in [0, 0.1) is 11.6 Å². The molecule has 0 saturated carbocycles. The Morgan fingerprint density at radius 1 is 1.05 bits per heavy atom. The summed E-state index contributed by atoms with van der Waals surface area (Å²) in [5.41, 5.74) is 0.922. The molecule has 0 aliphatic heterocycles. The van der Waals surface area contributed by atoms with Crippen molar-refractivity contribution in [2.24, 2.45) is 0 Å². The standard InChI is InChI=1S/C15H13BrF2O2/c1-19-15-7-10(8-16)5-6-14(15)20-9-11-12(17)3-2-4-13(11)18/h2-7H,8-9H2,1H3. The van der Waals surface area contributed by atoms with Gasteiger partial charge in [0.2, 0.25) is 0 Å². The normalized spacial score (nSPS) is 10.4. The Labute approximate surface area is 124 Å². The Balaban J connectivity index is 2.19. The monoisotopic (exact) mass is 342 g/mol. The minimum Gasteiger partial charge on any atom is -0.493 e. The van der Waals surface area contributed by atoms with Gasteiger partial charge in [0.25, 0.3) is 0 Å². The molecule has 5 heteroatoms. The van der Waals surface area contributed by atoms with Crippen LogP contribution >= 0.6 is 15.9 Å². The molecule has 0 aromatic heterocycles. The highest BCUT2D eigenvalue weighted by atomic mass is 79.9. The molecule has 0 unspecified atom stereocenters. The van der Waals surface area contributed by atoms with Crippen LogP contribution in [0.25, 0.3) is 0 Å². The molecule has 0 N–H and O–H groups in total. The molecule has 0 saturated heterocycles. The number of alkyl halides is 1. The number of halogens is 3. The lowest BCUT2D eigenvalue weighted by atomic mass is 10.2. The zero-order valence-electron chi connectivity index (χ0n) is 10.8. The van der Waals surface area contributed by atoms with Crippen LogP contribution in [0.2, 0.25) is 0 Å². The molecule has 0 amide bonds. The third-order valence-corrected chi connectivity index (χ3v) is 3.46. The third kappa shape index (κ3) is 3.28. The minimum atomic E-state index is -0.624. The Hall–Kier alpha value is -1.62. The maximum absolute atomic E-state index is 13.5. The maximum Gasteiger partial charge on any atom is 0.161 e. The van der Waals surface area contributed by atoms with E-state index in [0.29, 0.717) is 16.8 Å². The van der Waals surface area contributed by atoms with Crippen LogP contribution < -0.4 is 9.47 Å². The largest absolute Gasteiger partial charge is 0.493 e. The van der Waals surface area contributed by atoms with Crippen LogP contribution in [0.5, 0.6) is 11.5 Å². The predicted octanol–water partition coefficient (Wildman–Crippen LogP) is 4.45. The topological polar surface area (TPSA) is 18.5 Å². The molecule has 0 aliphatic carbocycles. The highest BCUT2D eigenvalue weighted by Crippen LogP contribution is 2.30. The Morgan fingerprint density at radius 2 is 1.75 bits per heavy atom. The van der Waals surface area contributed by atoms with Crippen LogP contribution in [-0.4, -0.2) is 7.11 Å². The number of methoxy groups -OCH3 is 1. The van der Waals surface area contributed by atoms with Crippen LogP contribution in [-0.2, 0) is 11.9 Å². The van der Waals surface area contributed by atoms with E-state index in [-0.39, 0.29) is 12.2 Å². The molecule has 2 aromatic carbocycles. The molecule has 0 heterocycles. The zero-order valence-corrected chi connectivity index (χ0v) is 12.4. The van der Waals surface area contributed by atoms with Crippen molar-refractivity contribution in [1.82, 2.24) is 0 Å². The molecule has 0 bridgehead atoms. The van der Waals surface area contributed by atoms with Crippen molar-refractivity contribution in [3.63, 3.8) is 0 Å². The van der Waals surface area contributed by atoms with Crippen molar-refractivity contribution in [2.75, 3.05) is 7.11 Å². The Bertz CT molecular complexity index is 582. The second kappa shape index (κ2) is 6.70.